The molecule has 1 aliphatic carbocycles. The van der Waals surface area contributed by atoms with Crippen LogP contribution in [0.2, 0.25) is 0 Å². The molecule has 0 bridgehead atoms. The fourth-order valence-corrected chi connectivity index (χ4v) is 3.32. The average Bonchev–Trinajstić information content (AvgIpc) is 3.15. The van der Waals surface area contributed by atoms with Gasteiger partial charge >= 0.3 is 0 Å². The molecule has 0 amide bonds. The maximum atomic E-state index is 9.72. The Balaban J connectivity index is 1.72. The topological polar surface area (TPSA) is 38.0 Å². The molecule has 1 aromatic carbocycles. The Kier molecular flexibility index (Phi) is 4.39. The van der Waals surface area contributed by atoms with Gasteiger partial charge in [-0.25, -0.2) is 0 Å². The summed E-state index contributed by atoms with van der Waals surface area (Å²) in [6.07, 6.45) is 8.06. The third-order valence-corrected chi connectivity index (χ3v) is 4.55. The number of hydrogen-bond donors (Lipinski definition) is 1. The zero-order valence-corrected chi connectivity index (χ0v) is 12.7. The molecule has 1 aromatic heterocycles. The van der Waals surface area contributed by atoms with Crippen LogP contribution in [0.3, 0.4) is 0 Å². The normalized spacial score (nSPS) is 17.2. The van der Waals surface area contributed by atoms with Crippen LogP contribution in [0.15, 0.2) is 36.5 Å². The number of aliphatic hydroxyl groups excluding tert-OH is 1. The summed E-state index contributed by atoms with van der Waals surface area (Å²) in [6, 6.07) is 11.1. The number of aliphatic hydroxyl groups is 1. The van der Waals surface area contributed by atoms with Crippen LogP contribution in [0.25, 0.3) is 0 Å². The molecular weight excluding hydrogens is 260 g/mol. The first-order valence-electron chi connectivity index (χ1n) is 7.97. The van der Waals surface area contributed by atoms with Crippen LogP contribution < -0.4 is 0 Å². The van der Waals surface area contributed by atoms with Crippen molar-refractivity contribution in [3.8, 4) is 0 Å². The summed E-state index contributed by atoms with van der Waals surface area (Å²) >= 11 is 0. The smallest absolute Gasteiger partial charge is 0.0631 e. The van der Waals surface area contributed by atoms with Crippen molar-refractivity contribution in [2.75, 3.05) is 6.61 Å². The highest BCUT2D eigenvalue weighted by Crippen LogP contribution is 2.29. The monoisotopic (exact) mass is 284 g/mol. The molecule has 0 radical (unpaired) electrons. The van der Waals surface area contributed by atoms with E-state index < -0.39 is 0 Å². The van der Waals surface area contributed by atoms with Crippen LogP contribution in [-0.4, -0.2) is 21.5 Å². The van der Waals surface area contributed by atoms with Gasteiger partial charge in [0.1, 0.15) is 0 Å². The number of aryl methyl sites for hydroxylation is 1. The predicted octanol–water partition coefficient (Wildman–Crippen LogP) is 3.63. The van der Waals surface area contributed by atoms with Crippen molar-refractivity contribution in [2.45, 2.75) is 51.0 Å². The van der Waals surface area contributed by atoms with Crippen LogP contribution in [0.5, 0.6) is 0 Å². The van der Waals surface area contributed by atoms with Crippen molar-refractivity contribution < 1.29 is 5.11 Å². The Hall–Kier alpha value is -1.61. The van der Waals surface area contributed by atoms with Crippen molar-refractivity contribution in [2.24, 2.45) is 0 Å². The lowest BCUT2D eigenvalue weighted by molar-refractivity contribution is 0.263. The fraction of sp³-hybridized carbons (Fsp3) is 0.500. The number of hydrogen-bond acceptors (Lipinski definition) is 2. The number of aromatic nitrogens is 2. The Morgan fingerprint density at radius 2 is 2.10 bits per heavy atom. The lowest BCUT2D eigenvalue weighted by Gasteiger charge is -2.14. The van der Waals surface area contributed by atoms with Gasteiger partial charge in [-0.1, -0.05) is 42.7 Å². The van der Waals surface area contributed by atoms with Gasteiger partial charge in [-0.2, -0.15) is 5.10 Å². The second-order valence-electron chi connectivity index (χ2n) is 6.22. The summed E-state index contributed by atoms with van der Waals surface area (Å²) < 4.78 is 2.13. The molecule has 1 N–H and O–H groups in total. The minimum atomic E-state index is 0.136. The molecule has 21 heavy (non-hydrogen) atoms. The summed E-state index contributed by atoms with van der Waals surface area (Å²) in [7, 11) is 0. The maximum absolute atomic E-state index is 9.72. The molecule has 3 nitrogen and oxygen atoms in total. The van der Waals surface area contributed by atoms with E-state index in [2.05, 4.69) is 48.1 Å². The lowest BCUT2D eigenvalue weighted by Crippen LogP contribution is -2.10. The quantitative estimate of drug-likeness (QED) is 0.910. The summed E-state index contributed by atoms with van der Waals surface area (Å²) in [4.78, 5) is 0. The first-order chi connectivity index (χ1) is 10.3. The van der Waals surface area contributed by atoms with Gasteiger partial charge in [0.25, 0.3) is 0 Å². The van der Waals surface area contributed by atoms with Gasteiger partial charge in [0.2, 0.25) is 0 Å². The van der Waals surface area contributed by atoms with E-state index in [0.717, 1.165) is 12.1 Å². The van der Waals surface area contributed by atoms with E-state index in [1.165, 1.54) is 36.8 Å². The molecule has 112 valence electrons. The van der Waals surface area contributed by atoms with Gasteiger partial charge in [-0.15, -0.1) is 0 Å². The molecular formula is C18H24N2O. The molecule has 1 unspecified atom stereocenters. The Morgan fingerprint density at radius 1 is 1.29 bits per heavy atom. The summed E-state index contributed by atoms with van der Waals surface area (Å²) in [5.74, 6) is 0.136. The second-order valence-corrected chi connectivity index (χ2v) is 6.22. The highest BCUT2D eigenvalue weighted by atomic mass is 16.3. The molecule has 3 rings (SSSR count). The van der Waals surface area contributed by atoms with E-state index in [4.69, 9.17) is 5.10 Å². The molecule has 1 aliphatic rings. The third-order valence-electron chi connectivity index (χ3n) is 4.55. The fourth-order valence-electron chi connectivity index (χ4n) is 3.32. The lowest BCUT2D eigenvalue weighted by atomic mass is 9.94. The van der Waals surface area contributed by atoms with E-state index in [1.54, 1.807) is 0 Å². The van der Waals surface area contributed by atoms with Crippen LogP contribution in [-0.2, 0) is 6.42 Å². The van der Waals surface area contributed by atoms with Crippen molar-refractivity contribution in [3.05, 3.63) is 53.3 Å². The standard InChI is InChI=1S/C18H24N2O/c1-14-5-4-6-15(11-14)16(13-21)12-17-9-10-20(19-17)18-7-2-3-8-18/h4-6,9-11,16,18,21H,2-3,7-8,12-13H2,1H3. The number of nitrogens with zero attached hydrogens (tertiary/aromatic N) is 2. The van der Waals surface area contributed by atoms with Gasteiger partial charge in [0, 0.05) is 18.5 Å². The molecule has 0 aliphatic heterocycles. The third kappa shape index (κ3) is 3.35. The summed E-state index contributed by atoms with van der Waals surface area (Å²) in [6.45, 7) is 2.26. The van der Waals surface area contributed by atoms with Crippen molar-refractivity contribution in [1.82, 2.24) is 9.78 Å². The SMILES string of the molecule is Cc1cccc(C(CO)Cc2ccn(C3CCCC3)n2)c1. The number of rotatable bonds is 5. The van der Waals surface area contributed by atoms with E-state index >= 15 is 0 Å². The maximum Gasteiger partial charge on any atom is 0.0631 e. The molecule has 0 spiro atoms. The summed E-state index contributed by atoms with van der Waals surface area (Å²) in [5, 5.41) is 14.4. The minimum absolute atomic E-state index is 0.136. The zero-order chi connectivity index (χ0) is 14.7. The van der Waals surface area contributed by atoms with Crippen molar-refractivity contribution in [1.29, 1.82) is 0 Å². The van der Waals surface area contributed by atoms with Gasteiger partial charge in [0.15, 0.2) is 0 Å². The molecule has 1 heterocycles. The molecule has 0 saturated heterocycles. The first-order valence-corrected chi connectivity index (χ1v) is 7.97. The zero-order valence-electron chi connectivity index (χ0n) is 12.7. The van der Waals surface area contributed by atoms with E-state index in [9.17, 15) is 5.11 Å². The highest BCUT2D eigenvalue weighted by molar-refractivity contribution is 5.26. The van der Waals surface area contributed by atoms with Crippen LogP contribution in [0.4, 0.5) is 0 Å². The Bertz CT molecular complexity index is 584. The van der Waals surface area contributed by atoms with Gasteiger partial charge in [-0.3, -0.25) is 4.68 Å². The largest absolute Gasteiger partial charge is 0.396 e. The van der Waals surface area contributed by atoms with Gasteiger partial charge < -0.3 is 5.11 Å². The van der Waals surface area contributed by atoms with Crippen LogP contribution >= 0.6 is 0 Å². The van der Waals surface area contributed by atoms with Crippen LogP contribution in [0, 0.1) is 6.92 Å². The number of benzene rings is 1. The molecule has 2 aromatic rings. The van der Waals surface area contributed by atoms with Crippen LogP contribution in [0.1, 0.15) is 54.5 Å². The van der Waals surface area contributed by atoms with Crippen molar-refractivity contribution in [3.63, 3.8) is 0 Å². The molecule has 1 saturated carbocycles. The first kappa shape index (κ1) is 14.3. The van der Waals surface area contributed by atoms with Gasteiger partial charge in [-0.05, 0) is 31.4 Å². The average molecular weight is 284 g/mol. The predicted molar refractivity (Wildman–Crippen MR) is 84.4 cm³/mol. The van der Waals surface area contributed by atoms with E-state index in [0.29, 0.717) is 6.04 Å². The molecule has 1 fully saturated rings. The van der Waals surface area contributed by atoms with Crippen molar-refractivity contribution >= 4 is 0 Å². The van der Waals surface area contributed by atoms with E-state index in [1.807, 2.05) is 0 Å². The van der Waals surface area contributed by atoms with Gasteiger partial charge in [0.05, 0.1) is 18.3 Å². The second kappa shape index (κ2) is 6.44. The minimum Gasteiger partial charge on any atom is -0.396 e. The molecule has 3 heteroatoms. The summed E-state index contributed by atoms with van der Waals surface area (Å²) in [5.41, 5.74) is 3.53. The Labute approximate surface area is 126 Å². The molecule has 1 atom stereocenters. The van der Waals surface area contributed by atoms with E-state index in [-0.39, 0.29) is 12.5 Å². The Morgan fingerprint density at radius 3 is 2.81 bits per heavy atom. The highest BCUT2D eigenvalue weighted by Gasteiger charge is 2.19.